The van der Waals surface area contributed by atoms with Gasteiger partial charge in [-0.25, -0.2) is 9.18 Å². The Morgan fingerprint density at radius 3 is 2.80 bits per heavy atom. The van der Waals surface area contributed by atoms with Crippen LogP contribution in [0, 0.1) is 11.7 Å². The van der Waals surface area contributed by atoms with Crippen LogP contribution in [0.3, 0.4) is 0 Å². The van der Waals surface area contributed by atoms with Gasteiger partial charge in [0.15, 0.2) is 5.82 Å². The molecule has 0 saturated carbocycles. The molecule has 1 aromatic carbocycles. The van der Waals surface area contributed by atoms with Crippen LogP contribution in [0.4, 0.5) is 15.8 Å². The van der Waals surface area contributed by atoms with Crippen LogP contribution in [-0.2, 0) is 6.42 Å². The fraction of sp³-hybridized carbons (Fsp3) is 0.524. The number of pyridine rings is 1. The number of nitrogens with zero attached hydrogens (tertiary/aromatic N) is 2. The predicted octanol–water partition coefficient (Wildman–Crippen LogP) is 2.65. The van der Waals surface area contributed by atoms with Gasteiger partial charge in [0, 0.05) is 43.5 Å². The van der Waals surface area contributed by atoms with Crippen molar-refractivity contribution in [2.24, 2.45) is 11.7 Å². The Kier molecular flexibility index (Phi) is 4.52. The van der Waals surface area contributed by atoms with Crippen molar-refractivity contribution in [2.45, 2.75) is 43.3 Å². The molecule has 1 saturated heterocycles. The van der Waals surface area contributed by atoms with Gasteiger partial charge in [0.1, 0.15) is 5.56 Å². The van der Waals surface area contributed by atoms with E-state index in [1.54, 1.807) is 7.05 Å². The zero-order valence-corrected chi connectivity index (χ0v) is 17.8. The topological polar surface area (TPSA) is 101 Å². The molecule has 0 amide bonds. The Bertz CT molecular complexity index is 1150. The van der Waals surface area contributed by atoms with Crippen LogP contribution in [0.5, 0.6) is 0 Å². The molecule has 3 unspecified atom stereocenters. The summed E-state index contributed by atoms with van der Waals surface area (Å²) in [6.45, 7) is 3.38. The first-order valence-electron chi connectivity index (χ1n) is 10.4. The number of hydrogen-bond donors (Lipinski definition) is 3. The maximum absolute atomic E-state index is 15.9. The Balaban J connectivity index is 1.86. The highest BCUT2D eigenvalue weighted by molar-refractivity contribution is 7.99. The summed E-state index contributed by atoms with van der Waals surface area (Å²) in [7, 11) is 1.58. The van der Waals surface area contributed by atoms with Crippen LogP contribution in [0.25, 0.3) is 10.9 Å². The van der Waals surface area contributed by atoms with E-state index in [0.717, 1.165) is 24.2 Å². The number of nitrogens with one attached hydrogen (secondary N) is 1. The van der Waals surface area contributed by atoms with Gasteiger partial charge in [-0.3, -0.25) is 4.79 Å². The van der Waals surface area contributed by atoms with Crippen molar-refractivity contribution in [1.29, 1.82) is 0 Å². The molecule has 1 fully saturated rings. The SMILES string of the molecule is CNc1c(F)c(N2CCC(C(C)N)C2)c2c3c1c(=O)c(C(=O)O)c1n3C(CC2)CS1. The number of thioether (sulfide) groups is 1. The average molecular weight is 433 g/mol. The van der Waals surface area contributed by atoms with E-state index >= 15 is 4.39 Å². The van der Waals surface area contributed by atoms with Gasteiger partial charge in [-0.2, -0.15) is 0 Å². The first-order chi connectivity index (χ1) is 14.3. The van der Waals surface area contributed by atoms with E-state index in [-0.39, 0.29) is 28.7 Å². The number of carbonyl (C=O) groups is 1. The lowest BCUT2D eigenvalue weighted by Gasteiger charge is -2.32. The molecule has 3 aliphatic rings. The van der Waals surface area contributed by atoms with Gasteiger partial charge in [0.05, 0.1) is 27.3 Å². The number of nitrogens with two attached hydrogens (primary N) is 1. The van der Waals surface area contributed by atoms with Crippen molar-refractivity contribution >= 4 is 40.0 Å². The molecular formula is C21H25FN4O3S. The summed E-state index contributed by atoms with van der Waals surface area (Å²) in [5.41, 5.74) is 7.41. The predicted molar refractivity (Wildman–Crippen MR) is 117 cm³/mol. The highest BCUT2D eigenvalue weighted by Gasteiger charge is 2.39. The molecule has 3 aliphatic heterocycles. The molecular weight excluding hydrogens is 407 g/mol. The van der Waals surface area contributed by atoms with Gasteiger partial charge < -0.3 is 25.6 Å². The standard InChI is InChI=1S/C21H25FN4O3S/c1-9(23)10-5-6-25(7-10)18-12-4-3-11-8-30-20-14(21(28)29)19(27)13(17(12)26(11)20)16(24-2)15(18)22/h9-11,24H,3-8,23H2,1-2H3,(H,28,29). The van der Waals surface area contributed by atoms with E-state index < -0.39 is 17.2 Å². The Morgan fingerprint density at radius 1 is 1.40 bits per heavy atom. The highest BCUT2D eigenvalue weighted by atomic mass is 32.2. The van der Waals surface area contributed by atoms with Crippen molar-refractivity contribution in [1.82, 2.24) is 4.57 Å². The molecule has 4 N–H and O–H groups in total. The zero-order chi connectivity index (χ0) is 21.3. The molecule has 5 rings (SSSR count). The summed E-state index contributed by atoms with van der Waals surface area (Å²) >= 11 is 1.42. The zero-order valence-electron chi connectivity index (χ0n) is 17.0. The number of rotatable bonds is 4. The number of aromatic carboxylic acids is 1. The molecule has 0 bridgehead atoms. The van der Waals surface area contributed by atoms with Crippen LogP contribution >= 0.6 is 11.8 Å². The maximum Gasteiger partial charge on any atom is 0.342 e. The molecule has 2 aromatic rings. The minimum absolute atomic E-state index is 0.0319. The fourth-order valence-electron chi connectivity index (χ4n) is 5.35. The maximum atomic E-state index is 15.9. The number of hydrogen-bond acceptors (Lipinski definition) is 6. The molecule has 4 heterocycles. The summed E-state index contributed by atoms with van der Waals surface area (Å²) in [6.07, 6.45) is 2.38. The Morgan fingerprint density at radius 2 is 2.17 bits per heavy atom. The summed E-state index contributed by atoms with van der Waals surface area (Å²) in [6, 6.07) is 0.154. The summed E-state index contributed by atoms with van der Waals surface area (Å²) in [5.74, 6) is -0.702. The molecule has 9 heteroatoms. The summed E-state index contributed by atoms with van der Waals surface area (Å²) < 4.78 is 17.9. The van der Waals surface area contributed by atoms with Crippen LogP contribution in [-0.4, -0.2) is 47.6 Å². The smallest absolute Gasteiger partial charge is 0.342 e. The fourth-order valence-corrected chi connectivity index (χ4v) is 6.72. The third-order valence-corrected chi connectivity index (χ3v) is 8.09. The minimum Gasteiger partial charge on any atom is -0.477 e. The number of aromatic nitrogens is 1. The van der Waals surface area contributed by atoms with Gasteiger partial charge >= 0.3 is 5.97 Å². The van der Waals surface area contributed by atoms with Gasteiger partial charge in [0.2, 0.25) is 5.43 Å². The Hall–Kier alpha value is -2.26. The van der Waals surface area contributed by atoms with Gasteiger partial charge in [0.25, 0.3) is 0 Å². The third-order valence-electron chi connectivity index (χ3n) is 6.87. The monoisotopic (exact) mass is 432 g/mol. The number of halogens is 1. The molecule has 160 valence electrons. The van der Waals surface area contributed by atoms with Crippen molar-refractivity contribution < 1.29 is 14.3 Å². The number of anilines is 2. The third kappa shape index (κ3) is 2.54. The summed E-state index contributed by atoms with van der Waals surface area (Å²) in [5, 5.41) is 13.3. The number of carboxylic acid groups (broad SMARTS) is 1. The second-order valence-corrected chi connectivity index (χ2v) is 9.54. The lowest BCUT2D eigenvalue weighted by atomic mass is 9.92. The second-order valence-electron chi connectivity index (χ2n) is 8.53. The molecule has 7 nitrogen and oxygen atoms in total. The van der Waals surface area contributed by atoms with Gasteiger partial charge in [-0.05, 0) is 32.1 Å². The van der Waals surface area contributed by atoms with Crippen molar-refractivity contribution in [3.05, 3.63) is 27.2 Å². The second kappa shape index (κ2) is 6.88. The minimum atomic E-state index is -1.26. The lowest BCUT2D eigenvalue weighted by molar-refractivity contribution is 0.0690. The van der Waals surface area contributed by atoms with Gasteiger partial charge in [-0.1, -0.05) is 0 Å². The van der Waals surface area contributed by atoms with Crippen LogP contribution in [0.1, 0.15) is 41.7 Å². The van der Waals surface area contributed by atoms with E-state index in [9.17, 15) is 14.7 Å². The van der Waals surface area contributed by atoms with Gasteiger partial charge in [-0.15, -0.1) is 11.8 Å². The van der Waals surface area contributed by atoms with E-state index in [4.69, 9.17) is 5.73 Å². The van der Waals surface area contributed by atoms with E-state index in [2.05, 4.69) is 10.2 Å². The van der Waals surface area contributed by atoms with Crippen LogP contribution < -0.4 is 21.4 Å². The molecule has 3 atom stereocenters. The van der Waals surface area contributed by atoms with Crippen molar-refractivity contribution in [2.75, 3.05) is 36.1 Å². The highest BCUT2D eigenvalue weighted by Crippen LogP contribution is 2.49. The first kappa shape index (κ1) is 19.7. The van der Waals surface area contributed by atoms with Crippen LogP contribution in [0.15, 0.2) is 9.82 Å². The molecule has 0 spiro atoms. The number of benzene rings is 1. The molecule has 0 aliphatic carbocycles. The molecule has 0 radical (unpaired) electrons. The number of aryl methyl sites for hydroxylation is 1. The Labute approximate surface area is 177 Å². The number of carboxylic acids is 1. The van der Waals surface area contributed by atoms with Crippen LogP contribution in [0.2, 0.25) is 0 Å². The first-order valence-corrected chi connectivity index (χ1v) is 11.3. The van der Waals surface area contributed by atoms with Crippen molar-refractivity contribution in [3.8, 4) is 0 Å². The van der Waals surface area contributed by atoms with E-state index in [1.165, 1.54) is 11.8 Å². The molecule has 1 aromatic heterocycles. The quantitative estimate of drug-likeness (QED) is 0.683. The van der Waals surface area contributed by atoms with E-state index in [1.807, 2.05) is 11.5 Å². The van der Waals surface area contributed by atoms with Crippen molar-refractivity contribution in [3.63, 3.8) is 0 Å². The normalized spacial score (nSPS) is 23.3. The summed E-state index contributed by atoms with van der Waals surface area (Å²) in [4.78, 5) is 27.3. The lowest BCUT2D eigenvalue weighted by Crippen LogP contribution is -2.32. The van der Waals surface area contributed by atoms with E-state index in [0.29, 0.717) is 41.7 Å². The largest absolute Gasteiger partial charge is 0.477 e. The molecule has 30 heavy (non-hydrogen) atoms. The average Bonchev–Trinajstić information content (AvgIpc) is 3.34.